The monoisotopic (exact) mass is 268 g/mol. The van der Waals surface area contributed by atoms with E-state index in [0.29, 0.717) is 19.0 Å². The van der Waals surface area contributed by atoms with Crippen LogP contribution in [0.15, 0.2) is 17.2 Å². The highest BCUT2D eigenvalue weighted by molar-refractivity contribution is 5.20. The van der Waals surface area contributed by atoms with E-state index in [9.17, 15) is 14.9 Å². The van der Waals surface area contributed by atoms with E-state index in [0.717, 1.165) is 25.6 Å². The van der Waals surface area contributed by atoms with Crippen LogP contribution < -0.4 is 11.0 Å². The molecule has 7 heteroatoms. The number of nitro groups is 1. The summed E-state index contributed by atoms with van der Waals surface area (Å²) in [6, 6.07) is 0. The minimum atomic E-state index is -0.557. The van der Waals surface area contributed by atoms with E-state index in [1.807, 2.05) is 0 Å². The summed E-state index contributed by atoms with van der Waals surface area (Å²) >= 11 is 0. The van der Waals surface area contributed by atoms with E-state index >= 15 is 0 Å². The van der Waals surface area contributed by atoms with Crippen LogP contribution in [0.5, 0.6) is 0 Å². The van der Waals surface area contributed by atoms with E-state index in [1.165, 1.54) is 10.8 Å². The molecule has 0 bridgehead atoms. The van der Waals surface area contributed by atoms with Crippen molar-refractivity contribution in [3.63, 3.8) is 0 Å². The summed E-state index contributed by atoms with van der Waals surface area (Å²) in [5.41, 5.74) is -0.631. The van der Waals surface area contributed by atoms with E-state index in [1.54, 1.807) is 0 Å². The Kier molecular flexibility index (Phi) is 6.14. The summed E-state index contributed by atoms with van der Waals surface area (Å²) in [5.74, 6) is 0.686. The molecule has 106 valence electrons. The first-order valence-corrected chi connectivity index (χ1v) is 6.42. The predicted octanol–water partition coefficient (Wildman–Crippen LogP) is 1.18. The highest BCUT2D eigenvalue weighted by atomic mass is 16.6. The van der Waals surface area contributed by atoms with Crippen LogP contribution in [0, 0.1) is 16.0 Å². The van der Waals surface area contributed by atoms with E-state index in [-0.39, 0.29) is 5.69 Å². The summed E-state index contributed by atoms with van der Waals surface area (Å²) in [7, 11) is 0. The summed E-state index contributed by atoms with van der Waals surface area (Å²) in [6.45, 7) is 6.22. The second-order valence-corrected chi connectivity index (χ2v) is 4.83. The van der Waals surface area contributed by atoms with Gasteiger partial charge in [0.15, 0.2) is 0 Å². The van der Waals surface area contributed by atoms with Crippen LogP contribution in [0.1, 0.15) is 26.7 Å². The van der Waals surface area contributed by atoms with Crippen LogP contribution in [0.25, 0.3) is 0 Å². The Labute approximate surface area is 111 Å². The number of hydrogen-bond acceptors (Lipinski definition) is 5. The van der Waals surface area contributed by atoms with Crippen LogP contribution in [0.4, 0.5) is 5.69 Å². The minimum absolute atomic E-state index is 0.167. The molecule has 19 heavy (non-hydrogen) atoms. The average molecular weight is 268 g/mol. The van der Waals surface area contributed by atoms with Crippen LogP contribution in [0.2, 0.25) is 0 Å². The fourth-order valence-electron chi connectivity index (χ4n) is 1.66. The van der Waals surface area contributed by atoms with Gasteiger partial charge in [-0.25, -0.2) is 4.79 Å². The SMILES string of the molecule is CC(C)CCCNCCn1cc([N+](=O)[O-])cnc1=O. The van der Waals surface area contributed by atoms with Gasteiger partial charge in [-0.05, 0) is 25.3 Å². The standard InChI is InChI=1S/C12H20N4O3/c1-10(2)4-3-5-13-6-7-15-9-11(16(18)19)8-14-12(15)17/h8-10,13H,3-7H2,1-2H3. The molecule has 0 aromatic carbocycles. The van der Waals surface area contributed by atoms with Gasteiger partial charge in [-0.1, -0.05) is 13.8 Å². The molecule has 0 unspecified atom stereocenters. The van der Waals surface area contributed by atoms with Crippen LogP contribution in [-0.4, -0.2) is 27.6 Å². The predicted molar refractivity (Wildman–Crippen MR) is 72.1 cm³/mol. The molecule has 0 amide bonds. The number of aromatic nitrogens is 2. The van der Waals surface area contributed by atoms with Gasteiger partial charge < -0.3 is 5.32 Å². The summed E-state index contributed by atoms with van der Waals surface area (Å²) in [4.78, 5) is 24.9. The van der Waals surface area contributed by atoms with Gasteiger partial charge in [-0.2, -0.15) is 4.98 Å². The van der Waals surface area contributed by atoms with Gasteiger partial charge in [-0.3, -0.25) is 14.7 Å². The first-order chi connectivity index (χ1) is 9.00. The maximum absolute atomic E-state index is 11.4. The number of nitrogens with one attached hydrogen (secondary N) is 1. The molecule has 1 rings (SSSR count). The van der Waals surface area contributed by atoms with Crippen molar-refractivity contribution in [2.45, 2.75) is 33.2 Å². The number of hydrogen-bond donors (Lipinski definition) is 1. The van der Waals surface area contributed by atoms with Crippen molar-refractivity contribution in [1.82, 2.24) is 14.9 Å². The van der Waals surface area contributed by atoms with Gasteiger partial charge in [-0.15, -0.1) is 0 Å². The van der Waals surface area contributed by atoms with Gasteiger partial charge in [0, 0.05) is 13.1 Å². The lowest BCUT2D eigenvalue weighted by atomic mass is 10.1. The van der Waals surface area contributed by atoms with Gasteiger partial charge >= 0.3 is 11.4 Å². The molecule has 0 aliphatic rings. The highest BCUT2D eigenvalue weighted by Gasteiger charge is 2.08. The minimum Gasteiger partial charge on any atom is -0.315 e. The molecule has 1 N–H and O–H groups in total. The van der Waals surface area contributed by atoms with Crippen LogP contribution in [0.3, 0.4) is 0 Å². The van der Waals surface area contributed by atoms with Crippen molar-refractivity contribution in [1.29, 1.82) is 0 Å². The molecule has 0 atom stereocenters. The Hall–Kier alpha value is -1.76. The Bertz CT molecular complexity index is 470. The summed E-state index contributed by atoms with van der Waals surface area (Å²) < 4.78 is 1.26. The van der Waals surface area contributed by atoms with Crippen molar-refractivity contribution in [2.24, 2.45) is 5.92 Å². The molecule has 7 nitrogen and oxygen atoms in total. The highest BCUT2D eigenvalue weighted by Crippen LogP contribution is 2.04. The second-order valence-electron chi connectivity index (χ2n) is 4.83. The molecule has 1 aromatic heterocycles. The Morgan fingerprint density at radius 2 is 2.21 bits per heavy atom. The van der Waals surface area contributed by atoms with E-state index in [2.05, 4.69) is 24.1 Å². The fraction of sp³-hybridized carbons (Fsp3) is 0.667. The van der Waals surface area contributed by atoms with Crippen molar-refractivity contribution in [3.8, 4) is 0 Å². The molecule has 0 aliphatic carbocycles. The van der Waals surface area contributed by atoms with Crippen molar-refractivity contribution >= 4 is 5.69 Å². The van der Waals surface area contributed by atoms with E-state index in [4.69, 9.17) is 0 Å². The number of rotatable bonds is 8. The van der Waals surface area contributed by atoms with Crippen LogP contribution >= 0.6 is 0 Å². The largest absolute Gasteiger partial charge is 0.348 e. The maximum Gasteiger partial charge on any atom is 0.348 e. The number of nitrogens with zero attached hydrogens (tertiary/aromatic N) is 3. The average Bonchev–Trinajstić information content (AvgIpc) is 2.34. The lowest BCUT2D eigenvalue weighted by molar-refractivity contribution is -0.385. The molecular formula is C12H20N4O3. The van der Waals surface area contributed by atoms with Gasteiger partial charge in [0.2, 0.25) is 0 Å². The maximum atomic E-state index is 11.4. The molecule has 0 saturated carbocycles. The van der Waals surface area contributed by atoms with Crippen molar-refractivity contribution < 1.29 is 4.92 Å². The molecule has 1 aromatic rings. The third-order valence-electron chi connectivity index (χ3n) is 2.72. The van der Waals surface area contributed by atoms with Gasteiger partial charge in [0.25, 0.3) is 0 Å². The first-order valence-electron chi connectivity index (χ1n) is 6.42. The molecule has 0 saturated heterocycles. The van der Waals surface area contributed by atoms with Crippen LogP contribution in [-0.2, 0) is 6.54 Å². The summed E-state index contributed by atoms with van der Waals surface area (Å²) in [6.07, 6.45) is 4.45. The Balaban J connectivity index is 2.38. The second kappa shape index (κ2) is 7.63. The molecule has 1 heterocycles. The van der Waals surface area contributed by atoms with Gasteiger partial charge in [0.1, 0.15) is 6.20 Å². The van der Waals surface area contributed by atoms with E-state index < -0.39 is 10.6 Å². The third kappa shape index (κ3) is 5.60. The molecule has 0 radical (unpaired) electrons. The normalized spacial score (nSPS) is 10.9. The van der Waals surface area contributed by atoms with Crippen molar-refractivity contribution in [3.05, 3.63) is 33.0 Å². The Morgan fingerprint density at radius 1 is 1.47 bits per heavy atom. The molecule has 0 aliphatic heterocycles. The lowest BCUT2D eigenvalue weighted by Crippen LogP contribution is -2.28. The quantitative estimate of drug-likeness (QED) is 0.434. The zero-order chi connectivity index (χ0) is 14.3. The Morgan fingerprint density at radius 3 is 2.84 bits per heavy atom. The zero-order valence-corrected chi connectivity index (χ0v) is 11.3. The molecule has 0 fully saturated rings. The third-order valence-corrected chi connectivity index (χ3v) is 2.72. The molecule has 0 spiro atoms. The topological polar surface area (TPSA) is 90.1 Å². The fourth-order valence-corrected chi connectivity index (χ4v) is 1.66. The lowest BCUT2D eigenvalue weighted by Gasteiger charge is -2.07. The first kappa shape index (κ1) is 15.3. The molecular weight excluding hydrogens is 248 g/mol. The zero-order valence-electron chi connectivity index (χ0n) is 11.3. The van der Waals surface area contributed by atoms with Gasteiger partial charge in [0.05, 0.1) is 11.1 Å². The van der Waals surface area contributed by atoms with Crippen molar-refractivity contribution in [2.75, 3.05) is 13.1 Å². The summed E-state index contributed by atoms with van der Waals surface area (Å²) in [5, 5.41) is 13.8. The smallest absolute Gasteiger partial charge is 0.315 e.